The monoisotopic (exact) mass is 342 g/mol. The lowest BCUT2D eigenvalue weighted by molar-refractivity contribution is 0.177. The lowest BCUT2D eigenvalue weighted by atomic mass is 9.72. The average molecular weight is 342 g/mol. The summed E-state index contributed by atoms with van der Waals surface area (Å²) in [6.07, 6.45) is 7.35. The van der Waals surface area contributed by atoms with Gasteiger partial charge < -0.3 is 4.90 Å². The minimum atomic E-state index is 0.104. The maximum absolute atomic E-state index is 9.10. The van der Waals surface area contributed by atoms with Gasteiger partial charge in [0.15, 0.2) is 0 Å². The first kappa shape index (κ1) is 17.1. The molecule has 26 heavy (non-hydrogen) atoms. The zero-order valence-corrected chi connectivity index (χ0v) is 15.3. The molecule has 2 nitrogen and oxygen atoms in total. The summed E-state index contributed by atoms with van der Waals surface area (Å²) in [5.74, 6) is 0.967. The number of hydrogen-bond donors (Lipinski definition) is 0. The summed E-state index contributed by atoms with van der Waals surface area (Å²) in [6, 6.07) is 18.9. The molecule has 0 unspecified atom stereocenters. The zero-order chi connectivity index (χ0) is 18.0. The summed E-state index contributed by atoms with van der Waals surface area (Å²) in [4.78, 5) is 2.64. The smallest absolute Gasteiger partial charge is 0.0991 e. The van der Waals surface area contributed by atoms with Crippen molar-refractivity contribution in [2.45, 2.75) is 31.1 Å². The molecule has 0 aromatic heterocycles. The van der Waals surface area contributed by atoms with Gasteiger partial charge in [0.2, 0.25) is 0 Å². The average Bonchev–Trinajstić information content (AvgIpc) is 3.53. The van der Waals surface area contributed by atoms with Gasteiger partial charge in [0.1, 0.15) is 0 Å². The maximum atomic E-state index is 9.10. The molecule has 0 radical (unpaired) electrons. The van der Waals surface area contributed by atoms with Crippen molar-refractivity contribution in [3.63, 3.8) is 0 Å². The Morgan fingerprint density at radius 2 is 1.81 bits per heavy atom. The Bertz CT molecular complexity index is 816. The van der Waals surface area contributed by atoms with E-state index in [1.807, 2.05) is 18.2 Å². The highest BCUT2D eigenvalue weighted by Crippen LogP contribution is 2.39. The van der Waals surface area contributed by atoms with Crippen LogP contribution in [-0.4, -0.2) is 24.5 Å². The number of nitrogens with zero attached hydrogens (tertiary/aromatic N) is 2. The molecule has 2 heteroatoms. The van der Waals surface area contributed by atoms with Gasteiger partial charge in [-0.3, -0.25) is 0 Å². The summed E-state index contributed by atoms with van der Waals surface area (Å²) in [5.41, 5.74) is 4.45. The van der Waals surface area contributed by atoms with E-state index in [1.54, 1.807) is 0 Å². The van der Waals surface area contributed by atoms with Gasteiger partial charge >= 0.3 is 0 Å². The number of nitriles is 1. The molecule has 2 fully saturated rings. The fourth-order valence-electron chi connectivity index (χ4n) is 4.17. The van der Waals surface area contributed by atoms with E-state index in [2.05, 4.69) is 54.0 Å². The molecule has 2 aromatic carbocycles. The van der Waals surface area contributed by atoms with Crippen LogP contribution in [0.5, 0.6) is 0 Å². The van der Waals surface area contributed by atoms with E-state index in [1.165, 1.54) is 38.0 Å². The normalized spacial score (nSPS) is 19.7. The minimum absolute atomic E-state index is 0.104. The molecule has 0 amide bonds. The van der Waals surface area contributed by atoms with Gasteiger partial charge in [-0.05, 0) is 73.5 Å². The first-order chi connectivity index (χ1) is 12.7. The lowest BCUT2D eigenvalue weighted by Gasteiger charge is -2.40. The van der Waals surface area contributed by atoms with Crippen molar-refractivity contribution in [2.24, 2.45) is 5.92 Å². The highest BCUT2D eigenvalue weighted by Gasteiger charge is 2.35. The molecule has 1 aliphatic heterocycles. The van der Waals surface area contributed by atoms with E-state index in [0.29, 0.717) is 5.56 Å². The van der Waals surface area contributed by atoms with Crippen LogP contribution in [0.4, 0.5) is 0 Å². The van der Waals surface area contributed by atoms with Gasteiger partial charge in [-0.1, -0.05) is 42.5 Å². The van der Waals surface area contributed by atoms with Crippen molar-refractivity contribution >= 4 is 0 Å². The maximum Gasteiger partial charge on any atom is 0.0991 e. The molecular formula is C24H26N2. The number of likely N-dealkylation sites (tertiary alicyclic amines) is 1. The Morgan fingerprint density at radius 3 is 2.42 bits per heavy atom. The summed E-state index contributed by atoms with van der Waals surface area (Å²) >= 11 is 0. The molecule has 1 heterocycles. The first-order valence-corrected chi connectivity index (χ1v) is 9.69. The number of piperidine rings is 1. The van der Waals surface area contributed by atoms with Crippen LogP contribution in [0.15, 0.2) is 61.2 Å². The Morgan fingerprint density at radius 1 is 1.08 bits per heavy atom. The van der Waals surface area contributed by atoms with Crippen LogP contribution < -0.4 is 0 Å². The molecule has 1 aliphatic carbocycles. The fourth-order valence-corrected chi connectivity index (χ4v) is 4.17. The highest BCUT2D eigenvalue weighted by molar-refractivity contribution is 5.65. The Hall–Kier alpha value is -2.37. The van der Waals surface area contributed by atoms with Crippen molar-refractivity contribution in [1.29, 1.82) is 5.26 Å². The van der Waals surface area contributed by atoms with E-state index in [-0.39, 0.29) is 5.41 Å². The highest BCUT2D eigenvalue weighted by atomic mass is 15.1. The van der Waals surface area contributed by atoms with Gasteiger partial charge in [-0.25, -0.2) is 0 Å². The third kappa shape index (κ3) is 3.45. The second kappa shape index (κ2) is 7.09. The molecule has 0 N–H and O–H groups in total. The third-order valence-corrected chi connectivity index (χ3v) is 6.14. The van der Waals surface area contributed by atoms with Crippen molar-refractivity contribution in [3.8, 4) is 17.2 Å². The van der Waals surface area contributed by atoms with E-state index in [9.17, 15) is 0 Å². The van der Waals surface area contributed by atoms with Gasteiger partial charge in [-0.15, -0.1) is 6.58 Å². The standard InChI is InChI=1S/C24H26N2/c1-2-24(12-14-26(15-13-24)18-19-6-7-19)23-10-8-21(9-11-23)22-5-3-4-20(16-22)17-25/h2-5,8-11,16,19H,1,6-7,12-15,18H2. The van der Waals surface area contributed by atoms with Crippen LogP contribution in [0.25, 0.3) is 11.1 Å². The van der Waals surface area contributed by atoms with E-state index in [4.69, 9.17) is 5.26 Å². The molecule has 2 aliphatic rings. The molecule has 2 aromatic rings. The van der Waals surface area contributed by atoms with E-state index in [0.717, 1.165) is 29.9 Å². The van der Waals surface area contributed by atoms with Crippen molar-refractivity contribution in [1.82, 2.24) is 4.90 Å². The Balaban J connectivity index is 1.51. The molecule has 1 saturated carbocycles. The predicted octanol–water partition coefficient (Wildman–Crippen LogP) is 5.15. The van der Waals surface area contributed by atoms with Crippen LogP contribution in [-0.2, 0) is 5.41 Å². The lowest BCUT2D eigenvalue weighted by Crippen LogP contribution is -2.42. The molecule has 4 rings (SSSR count). The molecule has 132 valence electrons. The summed E-state index contributed by atoms with van der Waals surface area (Å²) in [6.45, 7) is 7.82. The van der Waals surface area contributed by atoms with Crippen LogP contribution in [0.1, 0.15) is 36.8 Å². The SMILES string of the molecule is C=CC1(c2ccc(-c3cccc(C#N)c3)cc2)CCN(CC2CC2)CC1. The summed E-state index contributed by atoms with van der Waals surface area (Å²) < 4.78 is 0. The van der Waals surface area contributed by atoms with Gasteiger partial charge in [0, 0.05) is 12.0 Å². The second-order valence-corrected chi connectivity index (χ2v) is 7.87. The number of benzene rings is 2. The predicted molar refractivity (Wildman–Crippen MR) is 107 cm³/mol. The van der Waals surface area contributed by atoms with Crippen LogP contribution >= 0.6 is 0 Å². The molecule has 0 spiro atoms. The number of hydrogen-bond acceptors (Lipinski definition) is 2. The zero-order valence-electron chi connectivity index (χ0n) is 15.3. The summed E-state index contributed by atoms with van der Waals surface area (Å²) in [5, 5.41) is 9.10. The molecular weight excluding hydrogens is 316 g/mol. The van der Waals surface area contributed by atoms with Crippen LogP contribution in [0, 0.1) is 17.2 Å². The number of rotatable bonds is 5. The number of allylic oxidation sites excluding steroid dienone is 1. The fraction of sp³-hybridized carbons (Fsp3) is 0.375. The van der Waals surface area contributed by atoms with E-state index < -0.39 is 0 Å². The minimum Gasteiger partial charge on any atom is -0.303 e. The third-order valence-electron chi connectivity index (χ3n) is 6.14. The molecule has 0 bridgehead atoms. The van der Waals surface area contributed by atoms with Gasteiger partial charge in [-0.2, -0.15) is 5.26 Å². The largest absolute Gasteiger partial charge is 0.303 e. The van der Waals surface area contributed by atoms with Gasteiger partial charge in [0.25, 0.3) is 0 Å². The summed E-state index contributed by atoms with van der Waals surface area (Å²) in [7, 11) is 0. The molecule has 1 saturated heterocycles. The van der Waals surface area contributed by atoms with Crippen molar-refractivity contribution < 1.29 is 0 Å². The van der Waals surface area contributed by atoms with Crippen LogP contribution in [0.3, 0.4) is 0 Å². The Kier molecular flexibility index (Phi) is 4.66. The van der Waals surface area contributed by atoms with Crippen molar-refractivity contribution in [2.75, 3.05) is 19.6 Å². The van der Waals surface area contributed by atoms with Crippen molar-refractivity contribution in [3.05, 3.63) is 72.3 Å². The second-order valence-electron chi connectivity index (χ2n) is 7.87. The van der Waals surface area contributed by atoms with E-state index >= 15 is 0 Å². The molecule has 0 atom stereocenters. The van der Waals surface area contributed by atoms with Crippen LogP contribution in [0.2, 0.25) is 0 Å². The first-order valence-electron chi connectivity index (χ1n) is 9.69. The topological polar surface area (TPSA) is 27.0 Å². The quantitative estimate of drug-likeness (QED) is 0.702. The Labute approximate surface area is 156 Å². The van der Waals surface area contributed by atoms with Gasteiger partial charge in [0.05, 0.1) is 11.6 Å².